The molecule has 2 aliphatic rings. The zero-order valence-electron chi connectivity index (χ0n) is 12.4. The van der Waals surface area contributed by atoms with Crippen molar-refractivity contribution in [1.82, 2.24) is 10.2 Å². The molecule has 0 aromatic heterocycles. The number of amides is 1. The smallest absolute Gasteiger partial charge is 0.233 e. The molecule has 3 nitrogen and oxygen atoms in total. The van der Waals surface area contributed by atoms with Crippen molar-refractivity contribution in [3.63, 3.8) is 0 Å². The van der Waals surface area contributed by atoms with Crippen LogP contribution in [0.1, 0.15) is 37.7 Å². The first-order valence-electron chi connectivity index (χ1n) is 7.98. The lowest BCUT2D eigenvalue weighted by molar-refractivity contribution is -0.137. The van der Waals surface area contributed by atoms with E-state index in [1.54, 1.807) is 12.1 Å². The minimum atomic E-state index is -0.494. The molecule has 1 aromatic rings. The number of halogens is 1. The van der Waals surface area contributed by atoms with E-state index in [4.69, 9.17) is 0 Å². The average molecular weight is 290 g/mol. The van der Waals surface area contributed by atoms with Gasteiger partial charge in [0.15, 0.2) is 0 Å². The molecule has 2 fully saturated rings. The third-order valence-corrected chi connectivity index (χ3v) is 4.87. The second-order valence-electron chi connectivity index (χ2n) is 6.20. The second-order valence-corrected chi connectivity index (χ2v) is 6.20. The molecule has 1 aliphatic carbocycles. The summed E-state index contributed by atoms with van der Waals surface area (Å²) in [5.41, 5.74) is 0.370. The van der Waals surface area contributed by atoms with Crippen molar-refractivity contribution < 1.29 is 9.18 Å². The fraction of sp³-hybridized carbons (Fsp3) is 0.588. The van der Waals surface area contributed by atoms with Gasteiger partial charge in [-0.3, -0.25) is 4.79 Å². The van der Waals surface area contributed by atoms with Gasteiger partial charge in [-0.05, 0) is 43.5 Å². The Morgan fingerprint density at radius 2 is 1.95 bits per heavy atom. The molecule has 3 rings (SSSR count). The topological polar surface area (TPSA) is 32.3 Å². The van der Waals surface area contributed by atoms with Crippen LogP contribution in [0.3, 0.4) is 0 Å². The van der Waals surface area contributed by atoms with Gasteiger partial charge in [0.1, 0.15) is 5.82 Å². The van der Waals surface area contributed by atoms with E-state index in [1.807, 2.05) is 11.0 Å². The number of hydrogen-bond donors (Lipinski definition) is 1. The highest BCUT2D eigenvalue weighted by Gasteiger charge is 2.44. The van der Waals surface area contributed by atoms with Crippen molar-refractivity contribution in [3.05, 3.63) is 35.6 Å². The first-order valence-corrected chi connectivity index (χ1v) is 7.98. The number of hydrogen-bond acceptors (Lipinski definition) is 2. The Balaban J connectivity index is 1.91. The van der Waals surface area contributed by atoms with Crippen LogP contribution in [0.2, 0.25) is 0 Å². The number of benzene rings is 1. The number of carbonyl (C=O) groups is 1. The minimum absolute atomic E-state index is 0.203. The van der Waals surface area contributed by atoms with Gasteiger partial charge in [-0.2, -0.15) is 0 Å². The van der Waals surface area contributed by atoms with Crippen LogP contribution < -0.4 is 5.32 Å². The lowest BCUT2D eigenvalue weighted by Gasteiger charge is -2.34. The molecule has 21 heavy (non-hydrogen) atoms. The maximum Gasteiger partial charge on any atom is 0.233 e. The maximum atomic E-state index is 13.6. The lowest BCUT2D eigenvalue weighted by atomic mass is 9.77. The van der Waals surface area contributed by atoms with Crippen LogP contribution >= 0.6 is 0 Å². The van der Waals surface area contributed by atoms with E-state index in [2.05, 4.69) is 5.32 Å². The molecular weight excluding hydrogens is 267 g/mol. The van der Waals surface area contributed by atoms with Gasteiger partial charge in [0.2, 0.25) is 5.91 Å². The van der Waals surface area contributed by atoms with E-state index in [0.717, 1.165) is 63.8 Å². The Bertz CT molecular complexity index is 503. The van der Waals surface area contributed by atoms with Crippen molar-refractivity contribution in [2.45, 2.75) is 37.5 Å². The molecule has 1 saturated heterocycles. The third-order valence-electron chi connectivity index (χ3n) is 4.87. The molecule has 0 atom stereocenters. The summed E-state index contributed by atoms with van der Waals surface area (Å²) in [5, 5.41) is 3.33. The van der Waals surface area contributed by atoms with Gasteiger partial charge >= 0.3 is 0 Å². The zero-order chi connectivity index (χ0) is 14.7. The number of rotatable bonds is 2. The Labute approximate surface area is 125 Å². The highest BCUT2D eigenvalue weighted by Crippen LogP contribution is 2.42. The quantitative estimate of drug-likeness (QED) is 0.907. The van der Waals surface area contributed by atoms with Crippen molar-refractivity contribution in [2.75, 3.05) is 26.2 Å². The Kier molecular flexibility index (Phi) is 4.24. The van der Waals surface area contributed by atoms with Crippen molar-refractivity contribution in [3.8, 4) is 0 Å². The maximum absolute atomic E-state index is 13.6. The largest absolute Gasteiger partial charge is 0.341 e. The molecule has 0 radical (unpaired) electrons. The fourth-order valence-corrected chi connectivity index (χ4v) is 3.74. The van der Waals surface area contributed by atoms with Crippen LogP contribution in [-0.2, 0) is 10.2 Å². The zero-order valence-corrected chi connectivity index (χ0v) is 12.4. The molecule has 1 aromatic carbocycles. The number of carbonyl (C=O) groups excluding carboxylic acids is 1. The van der Waals surface area contributed by atoms with E-state index >= 15 is 0 Å². The highest BCUT2D eigenvalue weighted by atomic mass is 19.1. The summed E-state index contributed by atoms with van der Waals surface area (Å²) in [6.07, 6.45) is 4.78. The van der Waals surface area contributed by atoms with Crippen LogP contribution in [0.5, 0.6) is 0 Å². The third kappa shape index (κ3) is 2.82. The van der Waals surface area contributed by atoms with E-state index in [9.17, 15) is 9.18 Å². The molecule has 1 aliphatic heterocycles. The van der Waals surface area contributed by atoms with Crippen LogP contribution in [0.15, 0.2) is 24.3 Å². The average Bonchev–Trinajstić information content (AvgIpc) is 2.84. The van der Waals surface area contributed by atoms with Gasteiger partial charge < -0.3 is 10.2 Å². The van der Waals surface area contributed by atoms with E-state index in [1.165, 1.54) is 6.07 Å². The van der Waals surface area contributed by atoms with Crippen LogP contribution in [-0.4, -0.2) is 37.0 Å². The number of nitrogens with one attached hydrogen (secondary N) is 1. The molecule has 0 spiro atoms. The predicted octanol–water partition coefficient (Wildman–Crippen LogP) is 2.46. The predicted molar refractivity (Wildman–Crippen MR) is 80.6 cm³/mol. The monoisotopic (exact) mass is 290 g/mol. The molecular formula is C17H23FN2O. The van der Waals surface area contributed by atoms with E-state index in [-0.39, 0.29) is 11.7 Å². The van der Waals surface area contributed by atoms with E-state index in [0.29, 0.717) is 0 Å². The van der Waals surface area contributed by atoms with Gasteiger partial charge in [-0.15, -0.1) is 0 Å². The van der Waals surface area contributed by atoms with Crippen LogP contribution in [0, 0.1) is 5.82 Å². The first kappa shape index (κ1) is 14.5. The highest BCUT2D eigenvalue weighted by molar-refractivity contribution is 5.88. The van der Waals surface area contributed by atoms with Gasteiger partial charge in [-0.1, -0.05) is 25.0 Å². The summed E-state index contributed by atoms with van der Waals surface area (Å²) in [6, 6.07) is 6.65. The standard InChI is InChI=1S/C17H23FN2O/c18-15-6-3-5-14(13-15)17(7-1-2-8-17)16(21)20-11-4-9-19-10-12-20/h3,5-6,13,19H,1-2,4,7-12H2. The van der Waals surface area contributed by atoms with Gasteiger partial charge in [-0.25, -0.2) is 4.39 Å². The minimum Gasteiger partial charge on any atom is -0.341 e. The summed E-state index contributed by atoms with van der Waals surface area (Å²) in [4.78, 5) is 15.1. The molecule has 114 valence electrons. The van der Waals surface area contributed by atoms with Crippen LogP contribution in [0.25, 0.3) is 0 Å². The second kappa shape index (κ2) is 6.14. The van der Waals surface area contributed by atoms with Gasteiger partial charge in [0.25, 0.3) is 0 Å². The Hall–Kier alpha value is -1.42. The fourth-order valence-electron chi connectivity index (χ4n) is 3.74. The molecule has 0 bridgehead atoms. The summed E-state index contributed by atoms with van der Waals surface area (Å²) in [6.45, 7) is 3.39. The van der Waals surface area contributed by atoms with Crippen molar-refractivity contribution >= 4 is 5.91 Å². The summed E-state index contributed by atoms with van der Waals surface area (Å²) < 4.78 is 13.6. The molecule has 0 unspecified atom stereocenters. The van der Waals surface area contributed by atoms with E-state index < -0.39 is 5.41 Å². The molecule has 1 heterocycles. The molecule has 1 amide bonds. The SMILES string of the molecule is O=C(N1CCCNCC1)C1(c2cccc(F)c2)CCCC1. The summed E-state index contributed by atoms with van der Waals surface area (Å²) in [5.74, 6) is -0.0431. The molecule has 1 saturated carbocycles. The van der Waals surface area contributed by atoms with Gasteiger partial charge in [0.05, 0.1) is 5.41 Å². The normalized spacial score (nSPS) is 22.0. The molecule has 1 N–H and O–H groups in total. The summed E-state index contributed by atoms with van der Waals surface area (Å²) >= 11 is 0. The molecule has 4 heteroatoms. The summed E-state index contributed by atoms with van der Waals surface area (Å²) in [7, 11) is 0. The Morgan fingerprint density at radius 1 is 1.14 bits per heavy atom. The van der Waals surface area contributed by atoms with Gasteiger partial charge in [0, 0.05) is 19.6 Å². The number of nitrogens with zero attached hydrogens (tertiary/aromatic N) is 1. The Morgan fingerprint density at radius 3 is 2.71 bits per heavy atom. The van der Waals surface area contributed by atoms with Crippen molar-refractivity contribution in [2.24, 2.45) is 0 Å². The van der Waals surface area contributed by atoms with Crippen LogP contribution in [0.4, 0.5) is 4.39 Å². The lowest BCUT2D eigenvalue weighted by Crippen LogP contribution is -2.46. The van der Waals surface area contributed by atoms with Crippen molar-refractivity contribution in [1.29, 1.82) is 0 Å². The first-order chi connectivity index (χ1) is 10.2.